The Morgan fingerprint density at radius 1 is 1.29 bits per heavy atom. The van der Waals surface area contributed by atoms with Crippen molar-refractivity contribution in [3.63, 3.8) is 0 Å². The van der Waals surface area contributed by atoms with Crippen LogP contribution in [0.1, 0.15) is 10.4 Å². The highest BCUT2D eigenvalue weighted by atomic mass is 35.5. The van der Waals surface area contributed by atoms with Crippen molar-refractivity contribution in [1.82, 2.24) is 0 Å². The minimum absolute atomic E-state index is 0.798. The zero-order valence-electron chi connectivity index (χ0n) is 9.66. The SMILES string of the molecule is Cc1cc(N)cc(NCCc2ccc(Cl)s2)c1. The molecule has 0 saturated heterocycles. The van der Waals surface area contributed by atoms with Crippen LogP contribution < -0.4 is 11.1 Å². The lowest BCUT2D eigenvalue weighted by Gasteiger charge is -2.07. The van der Waals surface area contributed by atoms with E-state index in [1.54, 1.807) is 11.3 Å². The molecule has 1 aromatic carbocycles. The van der Waals surface area contributed by atoms with E-state index < -0.39 is 0 Å². The first-order chi connectivity index (χ1) is 8.13. The Morgan fingerprint density at radius 2 is 2.12 bits per heavy atom. The second-order valence-electron chi connectivity index (χ2n) is 4.01. The standard InChI is InChI=1S/C13H15ClN2S/c1-9-6-10(15)8-11(7-9)16-5-4-12-2-3-13(14)17-12/h2-3,6-8,16H,4-5,15H2,1H3. The maximum atomic E-state index is 5.88. The fraction of sp³-hybridized carbons (Fsp3) is 0.231. The summed E-state index contributed by atoms with van der Waals surface area (Å²) in [6, 6.07) is 10.0. The number of nitrogens with two attached hydrogens (primary N) is 1. The number of aryl methyl sites for hydroxylation is 1. The number of rotatable bonds is 4. The molecular formula is C13H15ClN2S. The van der Waals surface area contributed by atoms with Crippen LogP contribution in [-0.4, -0.2) is 6.54 Å². The first kappa shape index (κ1) is 12.3. The predicted octanol–water partition coefficient (Wildman–Crippen LogP) is 3.95. The first-order valence-corrected chi connectivity index (χ1v) is 6.68. The van der Waals surface area contributed by atoms with Gasteiger partial charge in [-0.3, -0.25) is 0 Å². The molecule has 0 aliphatic rings. The van der Waals surface area contributed by atoms with Gasteiger partial charge in [0.05, 0.1) is 4.34 Å². The van der Waals surface area contributed by atoms with E-state index >= 15 is 0 Å². The molecule has 2 rings (SSSR count). The maximum Gasteiger partial charge on any atom is 0.0931 e. The summed E-state index contributed by atoms with van der Waals surface area (Å²) in [5, 5.41) is 3.37. The molecule has 0 aliphatic heterocycles. The van der Waals surface area contributed by atoms with Crippen LogP contribution in [-0.2, 0) is 6.42 Å². The molecule has 3 N–H and O–H groups in total. The van der Waals surface area contributed by atoms with Gasteiger partial charge in [-0.2, -0.15) is 0 Å². The van der Waals surface area contributed by atoms with E-state index in [1.807, 2.05) is 25.1 Å². The summed E-state index contributed by atoms with van der Waals surface area (Å²) >= 11 is 7.51. The minimum atomic E-state index is 0.798. The maximum absolute atomic E-state index is 5.88. The molecule has 17 heavy (non-hydrogen) atoms. The zero-order valence-corrected chi connectivity index (χ0v) is 11.2. The van der Waals surface area contributed by atoms with Crippen molar-refractivity contribution in [2.75, 3.05) is 17.6 Å². The normalized spacial score (nSPS) is 10.5. The van der Waals surface area contributed by atoms with Crippen molar-refractivity contribution in [2.24, 2.45) is 0 Å². The number of nitrogen functional groups attached to an aromatic ring is 1. The lowest BCUT2D eigenvalue weighted by molar-refractivity contribution is 1.04. The van der Waals surface area contributed by atoms with Gasteiger partial charge in [-0.1, -0.05) is 11.6 Å². The third-order valence-corrected chi connectivity index (χ3v) is 3.72. The molecule has 1 heterocycles. The van der Waals surface area contributed by atoms with Crippen LogP contribution in [0.5, 0.6) is 0 Å². The fourth-order valence-electron chi connectivity index (χ4n) is 1.73. The van der Waals surface area contributed by atoms with Gasteiger partial charge in [0, 0.05) is 22.8 Å². The van der Waals surface area contributed by atoms with Gasteiger partial charge in [0.1, 0.15) is 0 Å². The van der Waals surface area contributed by atoms with E-state index in [2.05, 4.69) is 17.4 Å². The van der Waals surface area contributed by atoms with Crippen LogP contribution in [0.2, 0.25) is 4.34 Å². The summed E-state index contributed by atoms with van der Waals surface area (Å²) in [6.07, 6.45) is 0.977. The van der Waals surface area contributed by atoms with Gasteiger partial charge in [0.2, 0.25) is 0 Å². The third kappa shape index (κ3) is 3.65. The number of thiophene rings is 1. The smallest absolute Gasteiger partial charge is 0.0931 e. The summed E-state index contributed by atoms with van der Waals surface area (Å²) in [4.78, 5) is 1.29. The molecule has 0 unspecified atom stereocenters. The number of nitrogens with one attached hydrogen (secondary N) is 1. The average molecular weight is 267 g/mol. The first-order valence-electron chi connectivity index (χ1n) is 5.49. The van der Waals surface area contributed by atoms with Crippen molar-refractivity contribution in [1.29, 1.82) is 0 Å². The van der Waals surface area contributed by atoms with Crippen LogP contribution in [0, 0.1) is 6.92 Å². The van der Waals surface area contributed by atoms with Crippen molar-refractivity contribution in [3.05, 3.63) is 45.1 Å². The van der Waals surface area contributed by atoms with Gasteiger partial charge in [-0.05, 0) is 49.2 Å². The molecule has 0 saturated carbocycles. The highest BCUT2D eigenvalue weighted by molar-refractivity contribution is 7.16. The molecule has 0 bridgehead atoms. The Bertz CT molecular complexity index is 488. The lowest BCUT2D eigenvalue weighted by Crippen LogP contribution is -2.04. The van der Waals surface area contributed by atoms with E-state index in [9.17, 15) is 0 Å². The number of halogens is 1. The second-order valence-corrected chi connectivity index (χ2v) is 5.81. The van der Waals surface area contributed by atoms with E-state index in [0.717, 1.165) is 28.7 Å². The molecule has 90 valence electrons. The number of benzene rings is 1. The van der Waals surface area contributed by atoms with E-state index in [0.29, 0.717) is 0 Å². The van der Waals surface area contributed by atoms with Gasteiger partial charge < -0.3 is 11.1 Å². The van der Waals surface area contributed by atoms with E-state index in [4.69, 9.17) is 17.3 Å². The van der Waals surface area contributed by atoms with Gasteiger partial charge >= 0.3 is 0 Å². The minimum Gasteiger partial charge on any atom is -0.399 e. The summed E-state index contributed by atoms with van der Waals surface area (Å²) in [5.74, 6) is 0. The van der Waals surface area contributed by atoms with Gasteiger partial charge in [-0.15, -0.1) is 11.3 Å². The molecule has 0 spiro atoms. The van der Waals surface area contributed by atoms with Gasteiger partial charge in [0.25, 0.3) is 0 Å². The number of anilines is 2. The molecule has 4 heteroatoms. The molecule has 0 fully saturated rings. The lowest BCUT2D eigenvalue weighted by atomic mass is 10.2. The Balaban J connectivity index is 1.89. The molecule has 0 aliphatic carbocycles. The van der Waals surface area contributed by atoms with Crippen LogP contribution in [0.3, 0.4) is 0 Å². The number of hydrogen-bond donors (Lipinski definition) is 2. The predicted molar refractivity (Wildman–Crippen MR) is 77.1 cm³/mol. The third-order valence-electron chi connectivity index (χ3n) is 2.43. The molecule has 1 aromatic heterocycles. The molecule has 2 nitrogen and oxygen atoms in total. The van der Waals surface area contributed by atoms with Crippen LogP contribution in [0.4, 0.5) is 11.4 Å². The topological polar surface area (TPSA) is 38.0 Å². The number of hydrogen-bond acceptors (Lipinski definition) is 3. The van der Waals surface area contributed by atoms with Crippen molar-refractivity contribution in [2.45, 2.75) is 13.3 Å². The Labute approximate surface area is 110 Å². The second kappa shape index (κ2) is 5.43. The summed E-state index contributed by atoms with van der Waals surface area (Å²) in [6.45, 7) is 2.93. The molecule has 2 aromatic rings. The highest BCUT2D eigenvalue weighted by Crippen LogP contribution is 2.22. The molecule has 0 radical (unpaired) electrons. The van der Waals surface area contributed by atoms with Crippen LogP contribution in [0.15, 0.2) is 30.3 Å². The monoisotopic (exact) mass is 266 g/mol. The quantitative estimate of drug-likeness (QED) is 0.823. The Morgan fingerprint density at radius 3 is 2.76 bits per heavy atom. The van der Waals surface area contributed by atoms with Crippen molar-refractivity contribution in [3.8, 4) is 0 Å². The van der Waals surface area contributed by atoms with Gasteiger partial charge in [0.15, 0.2) is 0 Å². The van der Waals surface area contributed by atoms with Crippen molar-refractivity contribution >= 4 is 34.3 Å². The fourth-order valence-corrected chi connectivity index (χ4v) is 2.82. The van der Waals surface area contributed by atoms with E-state index in [-0.39, 0.29) is 0 Å². The molecule has 0 amide bonds. The average Bonchev–Trinajstić information content (AvgIpc) is 2.63. The van der Waals surface area contributed by atoms with Gasteiger partial charge in [-0.25, -0.2) is 0 Å². The summed E-state index contributed by atoms with van der Waals surface area (Å²) in [7, 11) is 0. The Kier molecular flexibility index (Phi) is 3.92. The summed E-state index contributed by atoms with van der Waals surface area (Å²) in [5.41, 5.74) is 8.84. The van der Waals surface area contributed by atoms with Crippen LogP contribution >= 0.6 is 22.9 Å². The zero-order chi connectivity index (χ0) is 12.3. The van der Waals surface area contributed by atoms with Crippen LogP contribution in [0.25, 0.3) is 0 Å². The summed E-state index contributed by atoms with van der Waals surface area (Å²) < 4.78 is 0.847. The molecule has 0 atom stereocenters. The van der Waals surface area contributed by atoms with E-state index in [1.165, 1.54) is 10.4 Å². The Hall–Kier alpha value is -1.19. The molecular weight excluding hydrogens is 252 g/mol. The largest absolute Gasteiger partial charge is 0.399 e. The van der Waals surface area contributed by atoms with Crippen molar-refractivity contribution < 1.29 is 0 Å². The highest BCUT2D eigenvalue weighted by Gasteiger charge is 1.99.